The highest BCUT2D eigenvalue weighted by molar-refractivity contribution is 5.82. The third-order valence-electron chi connectivity index (χ3n) is 2.20. The molecule has 1 atom stereocenters. The molecule has 3 N–H and O–H groups in total. The molecule has 0 aromatic carbocycles. The summed E-state index contributed by atoms with van der Waals surface area (Å²) in [6.07, 6.45) is 0.672. The van der Waals surface area contributed by atoms with E-state index in [4.69, 9.17) is 14.9 Å². The van der Waals surface area contributed by atoms with Gasteiger partial charge in [-0.25, -0.2) is 9.59 Å². The highest BCUT2D eigenvalue weighted by atomic mass is 16.5. The van der Waals surface area contributed by atoms with Gasteiger partial charge in [-0.1, -0.05) is 0 Å². The zero-order chi connectivity index (χ0) is 13.3. The molecule has 0 bridgehead atoms. The summed E-state index contributed by atoms with van der Waals surface area (Å²) in [6.45, 7) is 0.729. The monoisotopic (exact) mass is 248 g/mol. The van der Waals surface area contributed by atoms with Crippen LogP contribution in [0.2, 0.25) is 0 Å². The largest absolute Gasteiger partial charge is 0.480 e. The van der Waals surface area contributed by atoms with Crippen molar-refractivity contribution < 1.29 is 24.5 Å². The minimum atomic E-state index is -1.15. The number of hydrogen-bond donors (Lipinski definition) is 3. The lowest BCUT2D eigenvalue weighted by Crippen LogP contribution is -2.47. The molecule has 0 aromatic rings. The van der Waals surface area contributed by atoms with Crippen molar-refractivity contribution in [2.24, 2.45) is 0 Å². The van der Waals surface area contributed by atoms with E-state index in [0.717, 1.165) is 0 Å². The van der Waals surface area contributed by atoms with Crippen LogP contribution in [0, 0.1) is 0 Å². The number of aliphatic carboxylic acids is 1. The number of methoxy groups -OCH3 is 1. The van der Waals surface area contributed by atoms with Gasteiger partial charge in [-0.2, -0.15) is 0 Å². The fourth-order valence-corrected chi connectivity index (χ4v) is 1.19. The number of hydrogen-bond acceptors (Lipinski definition) is 4. The molecule has 0 saturated heterocycles. The maximum absolute atomic E-state index is 11.6. The molecule has 0 unspecified atom stereocenters. The van der Waals surface area contributed by atoms with Gasteiger partial charge in [-0.05, 0) is 6.42 Å². The molecule has 0 spiro atoms. The van der Waals surface area contributed by atoms with E-state index in [1.54, 1.807) is 14.2 Å². The van der Waals surface area contributed by atoms with Gasteiger partial charge in [0.25, 0.3) is 0 Å². The summed E-state index contributed by atoms with van der Waals surface area (Å²) in [5.74, 6) is -1.15. The van der Waals surface area contributed by atoms with Crippen LogP contribution in [0.5, 0.6) is 0 Å². The normalized spacial score (nSPS) is 11.9. The van der Waals surface area contributed by atoms with E-state index in [-0.39, 0.29) is 13.0 Å². The predicted molar refractivity (Wildman–Crippen MR) is 60.8 cm³/mol. The standard InChI is InChI=1S/C10H20N2O5/c1-12(5-3-7-17-2)10(16)11-8(4-6-13)9(14)15/h8,13H,3-7H2,1-2H3,(H,11,16)(H,14,15)/t8-/m1/s1. The average Bonchev–Trinajstić information content (AvgIpc) is 2.28. The summed E-state index contributed by atoms with van der Waals surface area (Å²) in [6, 6.07) is -1.53. The van der Waals surface area contributed by atoms with Crippen molar-refractivity contribution in [1.29, 1.82) is 0 Å². The number of nitrogens with one attached hydrogen (secondary N) is 1. The van der Waals surface area contributed by atoms with Crippen LogP contribution in [-0.4, -0.2) is 67.1 Å². The van der Waals surface area contributed by atoms with Gasteiger partial charge < -0.3 is 25.2 Å². The minimum Gasteiger partial charge on any atom is -0.480 e. The van der Waals surface area contributed by atoms with Crippen LogP contribution in [-0.2, 0) is 9.53 Å². The van der Waals surface area contributed by atoms with Crippen molar-refractivity contribution in [3.05, 3.63) is 0 Å². The second-order valence-corrected chi connectivity index (χ2v) is 3.62. The first-order valence-corrected chi connectivity index (χ1v) is 5.37. The Morgan fingerprint density at radius 2 is 2.12 bits per heavy atom. The third kappa shape index (κ3) is 6.75. The molecule has 7 nitrogen and oxygen atoms in total. The number of carboxylic acids is 1. The van der Waals surface area contributed by atoms with E-state index in [2.05, 4.69) is 5.32 Å². The second kappa shape index (κ2) is 8.77. The molecule has 0 aliphatic rings. The lowest BCUT2D eigenvalue weighted by Gasteiger charge is -2.20. The topological polar surface area (TPSA) is 99.1 Å². The number of carbonyl (C=O) groups is 2. The Balaban J connectivity index is 4.06. The van der Waals surface area contributed by atoms with Crippen LogP contribution in [0.1, 0.15) is 12.8 Å². The number of carbonyl (C=O) groups excluding carboxylic acids is 1. The Labute approximate surface area is 100 Å². The first-order valence-electron chi connectivity index (χ1n) is 5.37. The Morgan fingerprint density at radius 1 is 1.47 bits per heavy atom. The average molecular weight is 248 g/mol. The molecule has 0 rings (SSSR count). The summed E-state index contributed by atoms with van der Waals surface area (Å²) < 4.78 is 4.84. The number of ether oxygens (including phenoxy) is 1. The van der Waals surface area contributed by atoms with Crippen LogP contribution >= 0.6 is 0 Å². The van der Waals surface area contributed by atoms with Gasteiger partial charge in [-0.15, -0.1) is 0 Å². The van der Waals surface area contributed by atoms with Gasteiger partial charge in [0, 0.05) is 40.3 Å². The Hall–Kier alpha value is -1.34. The fraction of sp³-hybridized carbons (Fsp3) is 0.800. The number of nitrogens with zero attached hydrogens (tertiary/aromatic N) is 1. The van der Waals surface area contributed by atoms with E-state index in [0.29, 0.717) is 19.6 Å². The van der Waals surface area contributed by atoms with Crippen molar-refractivity contribution in [1.82, 2.24) is 10.2 Å². The third-order valence-corrected chi connectivity index (χ3v) is 2.20. The van der Waals surface area contributed by atoms with Crippen LogP contribution in [0.15, 0.2) is 0 Å². The van der Waals surface area contributed by atoms with Gasteiger partial charge in [0.2, 0.25) is 0 Å². The molecule has 100 valence electrons. The lowest BCUT2D eigenvalue weighted by molar-refractivity contribution is -0.139. The number of rotatable bonds is 8. The molecule has 0 radical (unpaired) electrons. The maximum Gasteiger partial charge on any atom is 0.326 e. The number of carboxylic acid groups (broad SMARTS) is 1. The summed E-state index contributed by atoms with van der Waals surface area (Å²) in [7, 11) is 3.14. The SMILES string of the molecule is COCCCN(C)C(=O)N[C@H](CCO)C(=O)O. The Kier molecular flexibility index (Phi) is 8.08. The molecular weight excluding hydrogens is 228 g/mol. The van der Waals surface area contributed by atoms with Crippen LogP contribution in [0.3, 0.4) is 0 Å². The van der Waals surface area contributed by atoms with Crippen LogP contribution < -0.4 is 5.32 Å². The van der Waals surface area contributed by atoms with E-state index >= 15 is 0 Å². The molecule has 0 aliphatic heterocycles. The van der Waals surface area contributed by atoms with Gasteiger partial charge in [0.1, 0.15) is 6.04 Å². The molecule has 0 fully saturated rings. The lowest BCUT2D eigenvalue weighted by atomic mass is 10.2. The number of aliphatic hydroxyl groups is 1. The number of amides is 2. The minimum absolute atomic E-state index is 0.00696. The molecule has 0 aliphatic carbocycles. The van der Waals surface area contributed by atoms with Gasteiger partial charge in [0.05, 0.1) is 0 Å². The van der Waals surface area contributed by atoms with Crippen molar-refractivity contribution in [3.8, 4) is 0 Å². The van der Waals surface area contributed by atoms with Gasteiger partial charge >= 0.3 is 12.0 Å². The molecule has 17 heavy (non-hydrogen) atoms. The van der Waals surface area contributed by atoms with E-state index in [1.807, 2.05) is 0 Å². The zero-order valence-electron chi connectivity index (χ0n) is 10.2. The molecule has 0 aromatic heterocycles. The number of urea groups is 1. The van der Waals surface area contributed by atoms with Crippen LogP contribution in [0.25, 0.3) is 0 Å². The number of aliphatic hydroxyl groups excluding tert-OH is 1. The summed E-state index contributed by atoms with van der Waals surface area (Å²) in [4.78, 5) is 23.7. The summed E-state index contributed by atoms with van der Waals surface area (Å²) in [5, 5.41) is 19.8. The molecule has 0 saturated carbocycles. The summed E-state index contributed by atoms with van der Waals surface area (Å²) >= 11 is 0. The highest BCUT2D eigenvalue weighted by Crippen LogP contribution is 1.95. The Morgan fingerprint density at radius 3 is 2.59 bits per heavy atom. The van der Waals surface area contributed by atoms with Crippen molar-refractivity contribution >= 4 is 12.0 Å². The fourth-order valence-electron chi connectivity index (χ4n) is 1.19. The van der Waals surface area contributed by atoms with Gasteiger partial charge in [-0.3, -0.25) is 0 Å². The summed E-state index contributed by atoms with van der Waals surface area (Å²) in [5.41, 5.74) is 0. The van der Waals surface area contributed by atoms with Crippen molar-refractivity contribution in [3.63, 3.8) is 0 Å². The maximum atomic E-state index is 11.6. The van der Waals surface area contributed by atoms with Crippen LogP contribution in [0.4, 0.5) is 4.79 Å². The Bertz CT molecular complexity index is 247. The second-order valence-electron chi connectivity index (χ2n) is 3.62. The molecule has 7 heteroatoms. The predicted octanol–water partition coefficient (Wildman–Crippen LogP) is -0.500. The van der Waals surface area contributed by atoms with Crippen molar-refractivity contribution in [2.75, 3.05) is 33.9 Å². The zero-order valence-corrected chi connectivity index (χ0v) is 10.2. The first kappa shape index (κ1) is 15.7. The quantitative estimate of drug-likeness (QED) is 0.503. The molecular formula is C10H20N2O5. The smallest absolute Gasteiger partial charge is 0.326 e. The van der Waals surface area contributed by atoms with Gasteiger partial charge in [0.15, 0.2) is 0 Å². The molecule has 0 heterocycles. The molecule has 2 amide bonds. The van der Waals surface area contributed by atoms with E-state index in [9.17, 15) is 9.59 Å². The van der Waals surface area contributed by atoms with E-state index < -0.39 is 18.0 Å². The van der Waals surface area contributed by atoms with E-state index in [1.165, 1.54) is 4.90 Å². The van der Waals surface area contributed by atoms with Crippen molar-refractivity contribution in [2.45, 2.75) is 18.9 Å². The highest BCUT2D eigenvalue weighted by Gasteiger charge is 2.20. The first-order chi connectivity index (χ1) is 8.02.